The van der Waals surface area contributed by atoms with Gasteiger partial charge in [-0.25, -0.2) is 8.78 Å². The van der Waals surface area contributed by atoms with Crippen LogP contribution < -0.4 is 11.1 Å². The van der Waals surface area contributed by atoms with Crippen LogP contribution in [0.4, 0.5) is 8.78 Å². The van der Waals surface area contributed by atoms with Crippen molar-refractivity contribution >= 4 is 0 Å². The van der Waals surface area contributed by atoms with E-state index in [9.17, 15) is 8.78 Å². The topological polar surface area (TPSA) is 47.3 Å². The SMILES string of the molecule is NCC(NCC(F)F)C1CCCO1. The lowest BCUT2D eigenvalue weighted by Gasteiger charge is -2.22. The van der Waals surface area contributed by atoms with E-state index in [1.54, 1.807) is 0 Å². The van der Waals surface area contributed by atoms with Gasteiger partial charge in [0.15, 0.2) is 0 Å². The summed E-state index contributed by atoms with van der Waals surface area (Å²) in [6.45, 7) is 0.761. The molecule has 0 amide bonds. The van der Waals surface area contributed by atoms with Gasteiger partial charge in [0.1, 0.15) is 0 Å². The Bertz CT molecular complexity index is 140. The van der Waals surface area contributed by atoms with Gasteiger partial charge in [0, 0.05) is 19.2 Å². The van der Waals surface area contributed by atoms with E-state index in [0.29, 0.717) is 6.54 Å². The van der Waals surface area contributed by atoms with Crippen molar-refractivity contribution in [2.75, 3.05) is 19.7 Å². The van der Waals surface area contributed by atoms with Gasteiger partial charge in [-0.3, -0.25) is 0 Å². The van der Waals surface area contributed by atoms with Gasteiger partial charge in [0.25, 0.3) is 6.43 Å². The first kappa shape index (κ1) is 10.8. The fourth-order valence-corrected chi connectivity index (χ4v) is 1.53. The van der Waals surface area contributed by atoms with Crippen molar-refractivity contribution in [3.63, 3.8) is 0 Å². The Kier molecular flexibility index (Phi) is 4.55. The van der Waals surface area contributed by atoms with Gasteiger partial charge < -0.3 is 15.8 Å². The average Bonchev–Trinajstić information content (AvgIpc) is 2.58. The van der Waals surface area contributed by atoms with E-state index >= 15 is 0 Å². The van der Waals surface area contributed by atoms with Crippen molar-refractivity contribution in [2.24, 2.45) is 5.73 Å². The first-order valence-corrected chi connectivity index (χ1v) is 4.57. The van der Waals surface area contributed by atoms with Crippen LogP contribution >= 0.6 is 0 Å². The van der Waals surface area contributed by atoms with Crippen LogP contribution in [0.2, 0.25) is 0 Å². The van der Waals surface area contributed by atoms with Gasteiger partial charge >= 0.3 is 0 Å². The second-order valence-electron chi connectivity index (χ2n) is 3.19. The summed E-state index contributed by atoms with van der Waals surface area (Å²) >= 11 is 0. The average molecular weight is 194 g/mol. The molecule has 1 saturated heterocycles. The Balaban J connectivity index is 2.24. The Labute approximate surface area is 76.6 Å². The van der Waals surface area contributed by atoms with Crippen LogP contribution in [0, 0.1) is 0 Å². The molecule has 0 bridgehead atoms. The highest BCUT2D eigenvalue weighted by molar-refractivity contribution is 4.81. The van der Waals surface area contributed by atoms with E-state index in [0.717, 1.165) is 19.4 Å². The fraction of sp³-hybridized carbons (Fsp3) is 1.00. The number of hydrogen-bond donors (Lipinski definition) is 2. The van der Waals surface area contributed by atoms with Crippen LogP contribution in [0.15, 0.2) is 0 Å². The third kappa shape index (κ3) is 3.54. The quantitative estimate of drug-likeness (QED) is 0.663. The summed E-state index contributed by atoms with van der Waals surface area (Å²) in [5.74, 6) is 0. The predicted octanol–water partition coefficient (Wildman–Crippen LogP) is 0.347. The van der Waals surface area contributed by atoms with Crippen LogP contribution in [0.5, 0.6) is 0 Å². The van der Waals surface area contributed by atoms with Crippen molar-refractivity contribution in [1.29, 1.82) is 0 Å². The summed E-state index contributed by atoms with van der Waals surface area (Å²) in [4.78, 5) is 0. The molecule has 0 aromatic rings. The van der Waals surface area contributed by atoms with Gasteiger partial charge in [-0.05, 0) is 12.8 Å². The summed E-state index contributed by atoms with van der Waals surface area (Å²) in [5.41, 5.74) is 5.45. The number of ether oxygens (including phenoxy) is 1. The van der Waals surface area contributed by atoms with Crippen LogP contribution in [0.1, 0.15) is 12.8 Å². The molecule has 0 aromatic carbocycles. The predicted molar refractivity (Wildman–Crippen MR) is 45.8 cm³/mol. The molecule has 2 unspecified atom stereocenters. The second-order valence-corrected chi connectivity index (χ2v) is 3.19. The molecule has 1 aliphatic heterocycles. The minimum absolute atomic E-state index is 0.0174. The maximum Gasteiger partial charge on any atom is 0.250 e. The van der Waals surface area contributed by atoms with Crippen molar-refractivity contribution in [2.45, 2.75) is 31.4 Å². The van der Waals surface area contributed by atoms with Crippen molar-refractivity contribution in [1.82, 2.24) is 5.32 Å². The summed E-state index contributed by atoms with van der Waals surface area (Å²) in [6, 6.07) is -0.128. The third-order valence-electron chi connectivity index (χ3n) is 2.20. The second kappa shape index (κ2) is 5.47. The Morgan fingerprint density at radius 1 is 1.54 bits per heavy atom. The first-order valence-electron chi connectivity index (χ1n) is 4.57. The minimum Gasteiger partial charge on any atom is -0.377 e. The van der Waals surface area contributed by atoms with Crippen LogP contribution in [-0.4, -0.2) is 38.3 Å². The third-order valence-corrected chi connectivity index (χ3v) is 2.20. The molecule has 78 valence electrons. The van der Waals surface area contributed by atoms with E-state index < -0.39 is 6.43 Å². The van der Waals surface area contributed by atoms with Crippen LogP contribution in [0.25, 0.3) is 0 Å². The van der Waals surface area contributed by atoms with Crippen molar-refractivity contribution in [3.8, 4) is 0 Å². The molecule has 1 rings (SSSR count). The molecule has 5 heteroatoms. The van der Waals surface area contributed by atoms with E-state index in [1.807, 2.05) is 0 Å². The van der Waals surface area contributed by atoms with Gasteiger partial charge in [0.2, 0.25) is 0 Å². The van der Waals surface area contributed by atoms with Gasteiger partial charge in [0.05, 0.1) is 12.6 Å². The normalized spacial score (nSPS) is 25.4. The Morgan fingerprint density at radius 2 is 2.31 bits per heavy atom. The molecule has 1 fully saturated rings. The standard InChI is InChI=1S/C8H16F2N2O/c9-8(10)5-12-6(4-11)7-2-1-3-13-7/h6-8,12H,1-5,11H2. The molecule has 0 spiro atoms. The maximum atomic E-state index is 11.9. The molecule has 3 nitrogen and oxygen atoms in total. The van der Waals surface area contributed by atoms with Crippen LogP contribution in [-0.2, 0) is 4.74 Å². The number of hydrogen-bond acceptors (Lipinski definition) is 3. The molecule has 13 heavy (non-hydrogen) atoms. The van der Waals surface area contributed by atoms with E-state index in [2.05, 4.69) is 5.32 Å². The molecule has 0 aromatic heterocycles. The van der Waals surface area contributed by atoms with E-state index in [1.165, 1.54) is 0 Å². The number of nitrogens with one attached hydrogen (secondary N) is 1. The zero-order chi connectivity index (χ0) is 9.68. The summed E-state index contributed by atoms with van der Waals surface area (Å²) in [7, 11) is 0. The smallest absolute Gasteiger partial charge is 0.250 e. The highest BCUT2D eigenvalue weighted by atomic mass is 19.3. The molecule has 0 saturated carbocycles. The summed E-state index contributed by atoms with van der Waals surface area (Å²) in [5, 5.41) is 2.71. The molecule has 0 aliphatic carbocycles. The highest BCUT2D eigenvalue weighted by Gasteiger charge is 2.24. The van der Waals surface area contributed by atoms with E-state index in [-0.39, 0.29) is 18.7 Å². The zero-order valence-electron chi connectivity index (χ0n) is 7.51. The lowest BCUT2D eigenvalue weighted by Crippen LogP contribution is -2.46. The van der Waals surface area contributed by atoms with Crippen molar-refractivity contribution in [3.05, 3.63) is 0 Å². The molecular formula is C8H16F2N2O. The molecule has 1 heterocycles. The van der Waals surface area contributed by atoms with Gasteiger partial charge in [-0.2, -0.15) is 0 Å². The Hall–Kier alpha value is -0.260. The monoisotopic (exact) mass is 194 g/mol. The lowest BCUT2D eigenvalue weighted by atomic mass is 10.1. The van der Waals surface area contributed by atoms with Gasteiger partial charge in [-0.1, -0.05) is 0 Å². The molecule has 0 radical (unpaired) electrons. The minimum atomic E-state index is -2.32. The lowest BCUT2D eigenvalue weighted by molar-refractivity contribution is 0.0698. The fourth-order valence-electron chi connectivity index (χ4n) is 1.53. The molecule has 2 atom stereocenters. The molecular weight excluding hydrogens is 178 g/mol. The number of rotatable bonds is 5. The maximum absolute atomic E-state index is 11.9. The first-order chi connectivity index (χ1) is 6.24. The molecule has 1 aliphatic rings. The molecule has 3 N–H and O–H groups in total. The largest absolute Gasteiger partial charge is 0.377 e. The van der Waals surface area contributed by atoms with Gasteiger partial charge in [-0.15, -0.1) is 0 Å². The number of alkyl halides is 2. The Morgan fingerprint density at radius 3 is 2.77 bits per heavy atom. The summed E-state index contributed by atoms with van der Waals surface area (Å²) in [6.07, 6.45) is -0.394. The van der Waals surface area contributed by atoms with Crippen LogP contribution in [0.3, 0.4) is 0 Å². The number of halogens is 2. The van der Waals surface area contributed by atoms with Crippen molar-refractivity contribution < 1.29 is 13.5 Å². The highest BCUT2D eigenvalue weighted by Crippen LogP contribution is 2.15. The number of nitrogens with two attached hydrogens (primary N) is 1. The van der Waals surface area contributed by atoms with E-state index in [4.69, 9.17) is 10.5 Å². The zero-order valence-corrected chi connectivity index (χ0v) is 7.51. The summed E-state index contributed by atoms with van der Waals surface area (Å²) < 4.78 is 29.1.